The van der Waals surface area contributed by atoms with Gasteiger partial charge in [0.25, 0.3) is 0 Å². The van der Waals surface area contributed by atoms with Crippen molar-refractivity contribution in [3.8, 4) is 5.75 Å². The van der Waals surface area contributed by atoms with Crippen molar-refractivity contribution < 1.29 is 24.2 Å². The van der Waals surface area contributed by atoms with Gasteiger partial charge < -0.3 is 14.6 Å². The summed E-state index contributed by atoms with van der Waals surface area (Å²) in [5, 5.41) is 9.86. The molecule has 0 radical (unpaired) electrons. The predicted octanol–water partition coefficient (Wildman–Crippen LogP) is 6.59. The summed E-state index contributed by atoms with van der Waals surface area (Å²) >= 11 is 7.03. The van der Waals surface area contributed by atoms with E-state index in [1.807, 2.05) is 57.2 Å². The maximum Gasteiger partial charge on any atom is 0.419 e. The van der Waals surface area contributed by atoms with Gasteiger partial charge in [-0.1, -0.05) is 18.2 Å². The van der Waals surface area contributed by atoms with Gasteiger partial charge in [-0.3, -0.25) is 9.36 Å². The fourth-order valence-electron chi connectivity index (χ4n) is 3.32. The van der Waals surface area contributed by atoms with Crippen molar-refractivity contribution in [3.05, 3.63) is 62.7 Å². The number of aliphatic carboxylic acids is 1. The first kappa shape index (κ1) is 24.3. The highest BCUT2D eigenvalue weighted by molar-refractivity contribution is 9.11. The SMILES string of the molecule is CC(C)(C)OC(=O)n1cc(CCOc2c(Br)cc(CCC(=O)O)cc2Br)c2ccccc21. The standard InChI is InChI=1S/C24H25Br2NO5/c1-24(2,3)32-23(30)27-14-16(17-6-4-5-7-20(17)27)10-11-31-22-18(25)12-15(13-19(22)26)8-9-21(28)29/h4-7,12-14H,8-11H2,1-3H3,(H,28,29). The second-order valence-corrected chi connectivity index (χ2v) is 10.1. The number of ether oxygens (including phenoxy) is 2. The van der Waals surface area contributed by atoms with Gasteiger partial charge in [0, 0.05) is 24.4 Å². The topological polar surface area (TPSA) is 77.8 Å². The molecule has 0 spiro atoms. The van der Waals surface area contributed by atoms with E-state index in [0.29, 0.717) is 25.2 Å². The molecule has 0 bridgehead atoms. The maximum atomic E-state index is 12.7. The molecule has 0 saturated carbocycles. The average molecular weight is 567 g/mol. The van der Waals surface area contributed by atoms with Gasteiger partial charge >= 0.3 is 12.1 Å². The van der Waals surface area contributed by atoms with Crippen LogP contribution >= 0.6 is 31.9 Å². The molecule has 1 aromatic heterocycles. The third-order valence-corrected chi connectivity index (χ3v) is 5.87. The zero-order chi connectivity index (χ0) is 23.5. The number of para-hydroxylation sites is 1. The highest BCUT2D eigenvalue weighted by Crippen LogP contribution is 2.35. The van der Waals surface area contributed by atoms with Gasteiger partial charge in [-0.2, -0.15) is 0 Å². The first-order valence-electron chi connectivity index (χ1n) is 10.2. The zero-order valence-corrected chi connectivity index (χ0v) is 21.3. The van der Waals surface area contributed by atoms with Gasteiger partial charge in [0.15, 0.2) is 0 Å². The van der Waals surface area contributed by atoms with E-state index < -0.39 is 17.7 Å². The lowest BCUT2D eigenvalue weighted by Gasteiger charge is -2.19. The zero-order valence-electron chi connectivity index (χ0n) is 18.2. The van der Waals surface area contributed by atoms with Crippen LogP contribution in [-0.2, 0) is 22.4 Å². The average Bonchev–Trinajstić information content (AvgIpc) is 3.06. The number of fused-ring (bicyclic) bond motifs is 1. The van der Waals surface area contributed by atoms with Crippen LogP contribution in [0, 0.1) is 0 Å². The summed E-state index contributed by atoms with van der Waals surface area (Å²) in [5.41, 5.74) is 2.10. The summed E-state index contributed by atoms with van der Waals surface area (Å²) in [6.45, 7) is 5.92. The molecule has 0 unspecified atom stereocenters. The van der Waals surface area contributed by atoms with Gasteiger partial charge in [-0.05, 0) is 88.4 Å². The van der Waals surface area contributed by atoms with E-state index in [2.05, 4.69) is 31.9 Å². The minimum absolute atomic E-state index is 0.0702. The molecule has 3 aromatic rings. The minimum Gasteiger partial charge on any atom is -0.491 e. The molecule has 0 aliphatic carbocycles. The predicted molar refractivity (Wildman–Crippen MR) is 131 cm³/mol. The first-order chi connectivity index (χ1) is 15.0. The van der Waals surface area contributed by atoms with Crippen LogP contribution in [0.25, 0.3) is 10.9 Å². The number of carboxylic acids is 1. The summed E-state index contributed by atoms with van der Waals surface area (Å²) < 4.78 is 14.6. The van der Waals surface area contributed by atoms with Gasteiger partial charge in [-0.15, -0.1) is 0 Å². The highest BCUT2D eigenvalue weighted by Gasteiger charge is 2.20. The number of rotatable bonds is 7. The van der Waals surface area contributed by atoms with Gasteiger partial charge in [-0.25, -0.2) is 4.79 Å². The monoisotopic (exact) mass is 565 g/mol. The van der Waals surface area contributed by atoms with Crippen molar-refractivity contribution >= 4 is 54.8 Å². The van der Waals surface area contributed by atoms with Crippen molar-refractivity contribution in [2.24, 2.45) is 0 Å². The Hall–Kier alpha value is -2.32. The summed E-state index contributed by atoms with van der Waals surface area (Å²) in [7, 11) is 0. The lowest BCUT2D eigenvalue weighted by Crippen LogP contribution is -2.26. The van der Waals surface area contributed by atoms with Crippen molar-refractivity contribution in [3.63, 3.8) is 0 Å². The van der Waals surface area contributed by atoms with E-state index in [0.717, 1.165) is 31.0 Å². The van der Waals surface area contributed by atoms with E-state index in [4.69, 9.17) is 14.6 Å². The van der Waals surface area contributed by atoms with E-state index in [1.165, 1.54) is 0 Å². The van der Waals surface area contributed by atoms with Crippen LogP contribution in [0.3, 0.4) is 0 Å². The van der Waals surface area contributed by atoms with E-state index >= 15 is 0 Å². The second kappa shape index (κ2) is 10.1. The number of hydrogen-bond donors (Lipinski definition) is 1. The number of nitrogens with zero attached hydrogens (tertiary/aromatic N) is 1. The molecule has 0 saturated heterocycles. The minimum atomic E-state index is -0.830. The largest absolute Gasteiger partial charge is 0.491 e. The third kappa shape index (κ3) is 6.13. The molecule has 1 N–H and O–H groups in total. The molecule has 0 aliphatic heterocycles. The Kier molecular flexibility index (Phi) is 7.67. The summed E-state index contributed by atoms with van der Waals surface area (Å²) in [4.78, 5) is 23.5. The molecule has 0 amide bonds. The Balaban J connectivity index is 1.75. The lowest BCUT2D eigenvalue weighted by atomic mass is 10.1. The number of aryl methyl sites for hydroxylation is 1. The van der Waals surface area contributed by atoms with Crippen LogP contribution in [-0.4, -0.2) is 33.9 Å². The van der Waals surface area contributed by atoms with Crippen molar-refractivity contribution in [2.45, 2.75) is 45.6 Å². The molecule has 0 aliphatic rings. The Labute approximate surface area is 203 Å². The number of aromatic nitrogens is 1. The van der Waals surface area contributed by atoms with E-state index in [-0.39, 0.29) is 6.42 Å². The smallest absolute Gasteiger partial charge is 0.419 e. The van der Waals surface area contributed by atoms with Crippen LogP contribution in [0.4, 0.5) is 4.79 Å². The number of carbonyl (C=O) groups is 2. The molecule has 6 nitrogen and oxygen atoms in total. The number of hydrogen-bond acceptors (Lipinski definition) is 4. The summed E-state index contributed by atoms with van der Waals surface area (Å²) in [6.07, 6.45) is 2.50. The molecule has 170 valence electrons. The van der Waals surface area contributed by atoms with Crippen LogP contribution in [0.15, 0.2) is 51.5 Å². The van der Waals surface area contributed by atoms with E-state index in [9.17, 15) is 9.59 Å². The number of halogens is 2. The fourth-order valence-corrected chi connectivity index (χ4v) is 4.83. The van der Waals surface area contributed by atoms with Gasteiger partial charge in [0.1, 0.15) is 11.4 Å². The highest BCUT2D eigenvalue weighted by atomic mass is 79.9. The van der Waals surface area contributed by atoms with Crippen molar-refractivity contribution in [1.82, 2.24) is 4.57 Å². The van der Waals surface area contributed by atoms with Crippen LogP contribution in [0.2, 0.25) is 0 Å². The molecule has 3 rings (SSSR count). The number of carbonyl (C=O) groups excluding carboxylic acids is 1. The second-order valence-electron chi connectivity index (χ2n) is 8.40. The van der Waals surface area contributed by atoms with Crippen molar-refractivity contribution in [2.75, 3.05) is 6.61 Å². The van der Waals surface area contributed by atoms with Crippen LogP contribution < -0.4 is 4.74 Å². The molecular formula is C24H25Br2NO5. The Morgan fingerprint density at radius 3 is 2.34 bits per heavy atom. The van der Waals surface area contributed by atoms with Crippen LogP contribution in [0.1, 0.15) is 38.3 Å². The van der Waals surface area contributed by atoms with Gasteiger partial charge in [0.2, 0.25) is 0 Å². The Bertz CT molecular complexity index is 1120. The quantitative estimate of drug-likeness (QED) is 0.349. The maximum absolute atomic E-state index is 12.7. The Morgan fingerprint density at radius 2 is 1.72 bits per heavy atom. The molecule has 0 fully saturated rings. The molecule has 32 heavy (non-hydrogen) atoms. The number of benzene rings is 2. The fraction of sp³-hybridized carbons (Fsp3) is 0.333. The van der Waals surface area contributed by atoms with Crippen LogP contribution in [0.5, 0.6) is 5.75 Å². The lowest BCUT2D eigenvalue weighted by molar-refractivity contribution is -0.136. The molecule has 8 heteroatoms. The summed E-state index contributed by atoms with van der Waals surface area (Å²) in [6, 6.07) is 11.5. The normalized spacial score (nSPS) is 11.5. The summed E-state index contributed by atoms with van der Waals surface area (Å²) in [5.74, 6) is -0.178. The van der Waals surface area contributed by atoms with Gasteiger partial charge in [0.05, 0.1) is 21.1 Å². The first-order valence-corrected chi connectivity index (χ1v) is 11.8. The number of carboxylic acid groups (broad SMARTS) is 1. The molecular weight excluding hydrogens is 542 g/mol. The molecule has 0 atom stereocenters. The third-order valence-electron chi connectivity index (χ3n) is 4.69. The Morgan fingerprint density at radius 1 is 1.06 bits per heavy atom. The molecule has 1 heterocycles. The van der Waals surface area contributed by atoms with Crippen molar-refractivity contribution in [1.29, 1.82) is 0 Å². The van der Waals surface area contributed by atoms with E-state index in [1.54, 1.807) is 10.8 Å². The molecule has 2 aromatic carbocycles.